The quantitative estimate of drug-likeness (QED) is 0.410. The lowest BCUT2D eigenvalue weighted by Crippen LogP contribution is -2.35. The van der Waals surface area contributed by atoms with Crippen molar-refractivity contribution in [1.82, 2.24) is 14.9 Å². The predicted molar refractivity (Wildman–Crippen MR) is 127 cm³/mol. The number of aryl methyl sites for hydroxylation is 1. The molecule has 0 aliphatic rings. The van der Waals surface area contributed by atoms with E-state index in [9.17, 15) is 9.59 Å². The van der Waals surface area contributed by atoms with E-state index < -0.39 is 0 Å². The third-order valence-corrected chi connectivity index (χ3v) is 6.06. The van der Waals surface area contributed by atoms with Gasteiger partial charge in [-0.2, -0.15) is 0 Å². The summed E-state index contributed by atoms with van der Waals surface area (Å²) in [5, 5.41) is 3.27. The van der Waals surface area contributed by atoms with Gasteiger partial charge in [0.15, 0.2) is 5.03 Å². The summed E-state index contributed by atoms with van der Waals surface area (Å²) in [6.45, 7) is 4.41. The van der Waals surface area contributed by atoms with Gasteiger partial charge in [-0.3, -0.25) is 14.2 Å². The number of thioether (sulfide) groups is 1. The van der Waals surface area contributed by atoms with Crippen LogP contribution in [0.2, 0.25) is 0 Å². The van der Waals surface area contributed by atoms with Crippen LogP contribution in [0.25, 0.3) is 11.0 Å². The molecule has 2 aromatic carbocycles. The molecule has 4 aromatic rings. The summed E-state index contributed by atoms with van der Waals surface area (Å²) in [5.41, 5.74) is 3.52. The van der Waals surface area contributed by atoms with Crippen LogP contribution in [-0.2, 0) is 17.8 Å². The first kappa shape index (κ1) is 21.9. The van der Waals surface area contributed by atoms with E-state index in [1.807, 2.05) is 74.5 Å². The fourth-order valence-electron chi connectivity index (χ4n) is 3.53. The van der Waals surface area contributed by atoms with Crippen LogP contribution >= 0.6 is 11.8 Å². The van der Waals surface area contributed by atoms with Crippen LogP contribution in [0.4, 0.5) is 0 Å². The Bertz CT molecular complexity index is 1260. The van der Waals surface area contributed by atoms with E-state index >= 15 is 0 Å². The molecule has 164 valence electrons. The molecule has 0 bridgehead atoms. The van der Waals surface area contributed by atoms with Gasteiger partial charge in [0.1, 0.15) is 5.76 Å². The van der Waals surface area contributed by atoms with E-state index in [4.69, 9.17) is 4.42 Å². The molecule has 1 unspecified atom stereocenters. The number of aromatic nitrogens is 2. The average Bonchev–Trinajstić information content (AvgIpc) is 3.28. The van der Waals surface area contributed by atoms with E-state index in [0.717, 1.165) is 22.4 Å². The van der Waals surface area contributed by atoms with E-state index in [-0.39, 0.29) is 23.3 Å². The highest BCUT2D eigenvalue weighted by molar-refractivity contribution is 7.99. The molecular weight excluding hydrogens is 422 g/mol. The molecule has 1 atom stereocenters. The maximum Gasteiger partial charge on any atom is 0.283 e. The number of furan rings is 1. The minimum absolute atomic E-state index is 0.0722. The SMILES string of the molecule is Cc1ccc(Cn2c(=O)c(SCC(=O)NC(C)Cc3ccco3)nc3ccccc32)cc1. The second-order valence-corrected chi connectivity index (χ2v) is 8.79. The van der Waals surface area contributed by atoms with Crippen LogP contribution in [0.5, 0.6) is 0 Å². The Labute approximate surface area is 190 Å². The van der Waals surface area contributed by atoms with E-state index in [2.05, 4.69) is 10.3 Å². The maximum atomic E-state index is 13.2. The van der Waals surface area contributed by atoms with Crippen LogP contribution in [0.3, 0.4) is 0 Å². The maximum absolute atomic E-state index is 13.2. The van der Waals surface area contributed by atoms with Gasteiger partial charge in [-0.05, 0) is 43.7 Å². The van der Waals surface area contributed by atoms with Crippen LogP contribution < -0.4 is 10.9 Å². The highest BCUT2D eigenvalue weighted by Gasteiger charge is 2.15. The molecule has 0 aliphatic heterocycles. The standard InChI is InChI=1S/C25H25N3O3S/c1-17-9-11-19(12-10-17)15-28-22-8-4-3-7-21(22)27-24(25(28)30)32-16-23(29)26-18(2)14-20-6-5-13-31-20/h3-13,18H,14-16H2,1-2H3,(H,26,29). The number of nitrogens with zero attached hydrogens (tertiary/aromatic N) is 2. The van der Waals surface area contributed by atoms with Crippen molar-refractivity contribution in [2.45, 2.75) is 37.9 Å². The first-order valence-corrected chi connectivity index (χ1v) is 11.5. The first-order chi connectivity index (χ1) is 15.5. The zero-order valence-corrected chi connectivity index (χ0v) is 18.9. The zero-order valence-electron chi connectivity index (χ0n) is 18.1. The van der Waals surface area contributed by atoms with Gasteiger partial charge >= 0.3 is 0 Å². The summed E-state index contributed by atoms with van der Waals surface area (Å²) in [5.74, 6) is 0.794. The molecule has 0 spiro atoms. The van der Waals surface area contributed by atoms with Crippen molar-refractivity contribution in [3.05, 3.63) is 94.2 Å². The third-order valence-electron chi connectivity index (χ3n) is 5.12. The molecule has 7 heteroatoms. The second kappa shape index (κ2) is 9.87. The smallest absolute Gasteiger partial charge is 0.283 e. The van der Waals surface area contributed by atoms with Crippen molar-refractivity contribution in [3.63, 3.8) is 0 Å². The fourth-order valence-corrected chi connectivity index (χ4v) is 4.28. The number of nitrogens with one attached hydrogen (secondary N) is 1. The van der Waals surface area contributed by atoms with Gasteiger partial charge < -0.3 is 9.73 Å². The minimum atomic E-state index is -0.189. The fraction of sp³-hybridized carbons (Fsp3) is 0.240. The van der Waals surface area contributed by atoms with Gasteiger partial charge in [0, 0.05) is 12.5 Å². The van der Waals surface area contributed by atoms with Gasteiger partial charge in [-0.15, -0.1) is 0 Å². The highest BCUT2D eigenvalue weighted by Crippen LogP contribution is 2.18. The Morgan fingerprint density at radius 2 is 1.91 bits per heavy atom. The number of fused-ring (bicyclic) bond motifs is 1. The molecule has 0 saturated carbocycles. The number of carbonyl (C=O) groups is 1. The van der Waals surface area contributed by atoms with Gasteiger partial charge in [-0.25, -0.2) is 4.98 Å². The number of rotatable bonds is 8. The molecule has 32 heavy (non-hydrogen) atoms. The lowest BCUT2D eigenvalue weighted by Gasteiger charge is -2.14. The number of amides is 1. The Kier molecular flexibility index (Phi) is 6.75. The number of carbonyl (C=O) groups excluding carboxylic acids is 1. The van der Waals surface area contributed by atoms with Gasteiger partial charge in [0.2, 0.25) is 5.91 Å². The second-order valence-electron chi connectivity index (χ2n) is 7.82. The number of hydrogen-bond donors (Lipinski definition) is 1. The van der Waals surface area contributed by atoms with Crippen molar-refractivity contribution >= 4 is 28.7 Å². The Hall–Kier alpha value is -3.32. The molecule has 0 saturated heterocycles. The molecule has 2 heterocycles. The van der Waals surface area contributed by atoms with Crippen molar-refractivity contribution in [2.24, 2.45) is 0 Å². The molecule has 2 aromatic heterocycles. The lowest BCUT2D eigenvalue weighted by molar-refractivity contribution is -0.119. The normalized spacial score (nSPS) is 12.1. The highest BCUT2D eigenvalue weighted by atomic mass is 32.2. The van der Waals surface area contributed by atoms with E-state index in [0.29, 0.717) is 18.0 Å². The number of benzene rings is 2. The molecule has 1 N–H and O–H groups in total. The molecule has 6 nitrogen and oxygen atoms in total. The topological polar surface area (TPSA) is 77.1 Å². The molecular formula is C25H25N3O3S. The summed E-state index contributed by atoms with van der Waals surface area (Å²) < 4.78 is 7.06. The van der Waals surface area contributed by atoms with E-state index in [1.54, 1.807) is 10.8 Å². The Balaban J connectivity index is 1.51. The van der Waals surface area contributed by atoms with E-state index in [1.165, 1.54) is 17.3 Å². The zero-order chi connectivity index (χ0) is 22.5. The largest absolute Gasteiger partial charge is 0.469 e. The van der Waals surface area contributed by atoms with Gasteiger partial charge in [0.25, 0.3) is 5.56 Å². The summed E-state index contributed by atoms with van der Waals surface area (Å²) >= 11 is 1.17. The van der Waals surface area contributed by atoms with Crippen molar-refractivity contribution < 1.29 is 9.21 Å². The average molecular weight is 448 g/mol. The minimum Gasteiger partial charge on any atom is -0.469 e. The predicted octanol–water partition coefficient (Wildman–Crippen LogP) is 4.19. The van der Waals surface area contributed by atoms with Crippen molar-refractivity contribution in [1.29, 1.82) is 0 Å². The first-order valence-electron chi connectivity index (χ1n) is 10.5. The summed E-state index contributed by atoms with van der Waals surface area (Å²) in [7, 11) is 0. The van der Waals surface area contributed by atoms with Crippen LogP contribution in [0.15, 0.2) is 81.2 Å². The molecule has 0 fully saturated rings. The molecule has 0 aliphatic carbocycles. The van der Waals surface area contributed by atoms with Crippen molar-refractivity contribution in [3.8, 4) is 0 Å². The van der Waals surface area contributed by atoms with Gasteiger partial charge in [-0.1, -0.05) is 53.7 Å². The summed E-state index contributed by atoms with van der Waals surface area (Å²) in [6.07, 6.45) is 2.23. The monoisotopic (exact) mass is 447 g/mol. The Morgan fingerprint density at radius 1 is 1.12 bits per heavy atom. The van der Waals surface area contributed by atoms with Crippen LogP contribution in [0.1, 0.15) is 23.8 Å². The van der Waals surface area contributed by atoms with Gasteiger partial charge in [0.05, 0.1) is 29.6 Å². The third kappa shape index (κ3) is 5.29. The van der Waals surface area contributed by atoms with Crippen LogP contribution in [0, 0.1) is 6.92 Å². The lowest BCUT2D eigenvalue weighted by atomic mass is 10.1. The van der Waals surface area contributed by atoms with Crippen LogP contribution in [-0.4, -0.2) is 27.3 Å². The summed E-state index contributed by atoms with van der Waals surface area (Å²) in [6, 6.07) is 19.3. The Morgan fingerprint density at radius 3 is 2.66 bits per heavy atom. The molecule has 1 amide bonds. The number of hydrogen-bond acceptors (Lipinski definition) is 5. The van der Waals surface area contributed by atoms with Crippen molar-refractivity contribution in [2.75, 3.05) is 5.75 Å². The molecule has 0 radical (unpaired) electrons. The summed E-state index contributed by atoms with van der Waals surface area (Å²) in [4.78, 5) is 30.2. The number of para-hydroxylation sites is 2. The molecule has 4 rings (SSSR count).